The number of anilines is 2. The normalized spacial score (nSPS) is 27.7. The summed E-state index contributed by atoms with van der Waals surface area (Å²) in [5, 5.41) is 10.0. The maximum Gasteiger partial charge on any atom is 0.331 e. The molecule has 1 saturated heterocycles. The number of benzene rings is 1. The van der Waals surface area contributed by atoms with Crippen LogP contribution in [0.25, 0.3) is 0 Å². The van der Waals surface area contributed by atoms with Gasteiger partial charge in [-0.1, -0.05) is 23.7 Å². The lowest BCUT2D eigenvalue weighted by Crippen LogP contribution is -2.49. The van der Waals surface area contributed by atoms with Crippen molar-refractivity contribution in [3.8, 4) is 0 Å². The molecule has 1 aliphatic carbocycles. The van der Waals surface area contributed by atoms with Crippen molar-refractivity contribution >= 4 is 34.2 Å². The lowest BCUT2D eigenvalue weighted by Gasteiger charge is -2.42. The molecule has 1 aromatic carbocycles. The Bertz CT molecular complexity index is 1080. The van der Waals surface area contributed by atoms with Gasteiger partial charge in [0.2, 0.25) is 5.95 Å². The average Bonchev–Trinajstić information content (AvgIpc) is 2.99. The number of halogens is 4. The van der Waals surface area contributed by atoms with Gasteiger partial charge in [-0.05, 0) is 43.4 Å². The molecule has 6 nitrogen and oxygen atoms in total. The molecule has 1 saturated carbocycles. The van der Waals surface area contributed by atoms with Crippen molar-refractivity contribution < 1.29 is 22.5 Å². The third kappa shape index (κ3) is 4.10. The van der Waals surface area contributed by atoms with Crippen LogP contribution in [0, 0.1) is 0 Å². The molecule has 1 aromatic heterocycles. The van der Waals surface area contributed by atoms with Crippen LogP contribution in [0.2, 0.25) is 5.02 Å². The van der Waals surface area contributed by atoms with Gasteiger partial charge < -0.3 is 15.3 Å². The lowest BCUT2D eigenvalue weighted by molar-refractivity contribution is 0.104. The van der Waals surface area contributed by atoms with Crippen molar-refractivity contribution in [2.75, 3.05) is 29.9 Å². The zero-order valence-corrected chi connectivity index (χ0v) is 19.3. The molecule has 3 heterocycles. The largest absolute Gasteiger partial charge is 0.394 e. The third-order valence-corrected chi connectivity index (χ3v) is 8.61. The summed E-state index contributed by atoms with van der Waals surface area (Å²) in [6.45, 7) is 0.260. The molecule has 178 valence electrons. The lowest BCUT2D eigenvalue weighted by atomic mass is 9.77. The van der Waals surface area contributed by atoms with E-state index < -0.39 is 34.2 Å². The van der Waals surface area contributed by atoms with Crippen LogP contribution >= 0.6 is 11.6 Å². The van der Waals surface area contributed by atoms with Crippen LogP contribution in [0.5, 0.6) is 0 Å². The fraction of sp³-hybridized carbons (Fsp3) is 0.545. The molecule has 0 spiro atoms. The van der Waals surface area contributed by atoms with E-state index in [2.05, 4.69) is 15.3 Å². The predicted molar refractivity (Wildman–Crippen MR) is 120 cm³/mol. The van der Waals surface area contributed by atoms with Gasteiger partial charge in [0.05, 0.1) is 30.8 Å². The summed E-state index contributed by atoms with van der Waals surface area (Å²) in [7, 11) is -2.59. The van der Waals surface area contributed by atoms with Gasteiger partial charge in [-0.15, -0.1) is 0 Å². The van der Waals surface area contributed by atoms with E-state index >= 15 is 4.39 Å². The monoisotopic (exact) mass is 500 g/mol. The summed E-state index contributed by atoms with van der Waals surface area (Å²) in [5.41, 5.74) is 0.188. The smallest absolute Gasteiger partial charge is 0.331 e. The fourth-order valence-corrected chi connectivity index (χ4v) is 6.08. The van der Waals surface area contributed by atoms with E-state index in [1.54, 1.807) is 17.0 Å². The van der Waals surface area contributed by atoms with Crippen LogP contribution in [0.1, 0.15) is 42.9 Å². The summed E-state index contributed by atoms with van der Waals surface area (Å²) in [6.07, 6.45) is 0.716. The molecule has 3 aliphatic rings. The van der Waals surface area contributed by atoms with Gasteiger partial charge in [-0.3, -0.25) is 0 Å². The number of hydrogen-bond donors (Lipinski definition) is 2. The number of nitrogens with zero attached hydrogens (tertiary/aromatic N) is 3. The molecule has 0 radical (unpaired) electrons. The molecule has 2 aliphatic heterocycles. The van der Waals surface area contributed by atoms with Crippen LogP contribution in [0.4, 0.5) is 24.9 Å². The summed E-state index contributed by atoms with van der Waals surface area (Å²) in [6, 6.07) is 7.09. The third-order valence-electron chi connectivity index (χ3n) is 6.87. The van der Waals surface area contributed by atoms with Gasteiger partial charge in [0.25, 0.3) is 0 Å². The molecule has 5 rings (SSSR count). The molecule has 2 N–H and O–H groups in total. The summed E-state index contributed by atoms with van der Waals surface area (Å²) >= 11 is 5.94. The van der Waals surface area contributed by atoms with Crippen molar-refractivity contribution in [3.05, 3.63) is 40.5 Å². The Morgan fingerprint density at radius 1 is 1.24 bits per heavy atom. The average molecular weight is 501 g/mol. The Kier molecular flexibility index (Phi) is 5.81. The van der Waals surface area contributed by atoms with E-state index in [1.807, 2.05) is 12.1 Å². The van der Waals surface area contributed by atoms with Gasteiger partial charge in [0, 0.05) is 17.5 Å². The highest BCUT2D eigenvalue weighted by atomic mass is 35.5. The zero-order chi connectivity index (χ0) is 23.4. The molecule has 0 amide bonds. The first-order valence-electron chi connectivity index (χ1n) is 11.0. The number of piperidine rings is 1. The Morgan fingerprint density at radius 2 is 1.97 bits per heavy atom. The SMILES string of the molecule is O=[S@]1c2c(nc(N3CCC(c4ccc(Cl)cc4)C(F)C3)nc2NC2(CO)CCC2)CC1(F)F. The van der Waals surface area contributed by atoms with Gasteiger partial charge in [-0.2, -0.15) is 13.8 Å². The molecule has 2 aromatic rings. The van der Waals surface area contributed by atoms with Crippen LogP contribution in [0.3, 0.4) is 0 Å². The molecule has 3 atom stereocenters. The highest BCUT2D eigenvalue weighted by Gasteiger charge is 2.50. The van der Waals surface area contributed by atoms with Crippen molar-refractivity contribution in [3.63, 3.8) is 0 Å². The molecular formula is C22H24ClF3N4O2S. The molecule has 0 bridgehead atoms. The minimum atomic E-state index is -3.44. The fourth-order valence-electron chi connectivity index (χ4n) is 4.78. The van der Waals surface area contributed by atoms with Gasteiger partial charge in [0.1, 0.15) is 27.7 Å². The van der Waals surface area contributed by atoms with Gasteiger partial charge >= 0.3 is 5.25 Å². The number of hydrogen-bond acceptors (Lipinski definition) is 6. The van der Waals surface area contributed by atoms with Crippen molar-refractivity contribution in [1.82, 2.24) is 9.97 Å². The number of aliphatic hydroxyl groups is 1. The van der Waals surface area contributed by atoms with E-state index in [1.165, 1.54) is 0 Å². The summed E-state index contributed by atoms with van der Waals surface area (Å²) in [5.74, 6) is -0.125. The molecular weight excluding hydrogens is 477 g/mol. The Balaban J connectivity index is 1.44. The standard InChI is InChI=1S/C22H24ClF3N4O2S/c23-14-4-2-13(3-5-14)15-6-9-30(11-16(15)24)20-27-17-10-22(25,26)33(32)18(17)19(28-20)29-21(12-31)7-1-8-21/h2-5,15-16,31H,1,6-12H2,(H,27,28,29)/t15?,16?,33-/m0/s1. The zero-order valence-electron chi connectivity index (χ0n) is 17.7. The first-order valence-corrected chi connectivity index (χ1v) is 12.5. The molecule has 2 fully saturated rings. The van der Waals surface area contributed by atoms with Crippen LogP contribution < -0.4 is 10.2 Å². The first-order chi connectivity index (χ1) is 15.7. The number of aromatic nitrogens is 2. The number of alkyl halides is 3. The van der Waals surface area contributed by atoms with Gasteiger partial charge in [-0.25, -0.2) is 13.6 Å². The summed E-state index contributed by atoms with van der Waals surface area (Å²) in [4.78, 5) is 10.2. The second kappa shape index (κ2) is 8.39. The highest BCUT2D eigenvalue weighted by Crippen LogP contribution is 2.44. The second-order valence-electron chi connectivity index (χ2n) is 9.06. The van der Waals surface area contributed by atoms with Crippen LogP contribution in [-0.2, 0) is 17.2 Å². The number of fused-ring (bicyclic) bond motifs is 1. The molecule has 33 heavy (non-hydrogen) atoms. The Labute approximate surface area is 197 Å². The number of aliphatic hydroxyl groups excluding tert-OH is 1. The van der Waals surface area contributed by atoms with E-state index in [4.69, 9.17) is 11.6 Å². The molecule has 11 heteroatoms. The minimum Gasteiger partial charge on any atom is -0.394 e. The first kappa shape index (κ1) is 22.9. The maximum absolute atomic E-state index is 15.2. The number of rotatable bonds is 5. The van der Waals surface area contributed by atoms with Crippen LogP contribution in [-0.4, -0.2) is 55.9 Å². The predicted octanol–water partition coefficient (Wildman–Crippen LogP) is 4.05. The molecule has 2 unspecified atom stereocenters. The Hall–Kier alpha value is -1.91. The van der Waals surface area contributed by atoms with Crippen molar-refractivity contribution in [2.45, 2.75) is 59.9 Å². The van der Waals surface area contributed by atoms with E-state index in [0.29, 0.717) is 30.8 Å². The van der Waals surface area contributed by atoms with E-state index in [9.17, 15) is 18.1 Å². The van der Waals surface area contributed by atoms with E-state index in [-0.39, 0.29) is 41.4 Å². The highest BCUT2D eigenvalue weighted by molar-refractivity contribution is 7.86. The van der Waals surface area contributed by atoms with Crippen LogP contribution in [0.15, 0.2) is 29.2 Å². The number of nitrogens with one attached hydrogen (secondary N) is 1. The summed E-state index contributed by atoms with van der Waals surface area (Å²) < 4.78 is 56.2. The second-order valence-corrected chi connectivity index (χ2v) is 11.0. The van der Waals surface area contributed by atoms with Crippen molar-refractivity contribution in [2.24, 2.45) is 0 Å². The maximum atomic E-state index is 15.2. The minimum absolute atomic E-state index is 0.00785. The Morgan fingerprint density at radius 3 is 2.58 bits per heavy atom. The van der Waals surface area contributed by atoms with Crippen molar-refractivity contribution in [1.29, 1.82) is 0 Å². The van der Waals surface area contributed by atoms with E-state index in [0.717, 1.165) is 12.0 Å². The quantitative estimate of drug-likeness (QED) is 0.645. The van der Waals surface area contributed by atoms with Gasteiger partial charge in [0.15, 0.2) is 0 Å². The topological polar surface area (TPSA) is 78.4 Å².